The van der Waals surface area contributed by atoms with Crippen LogP contribution in [0, 0.1) is 46.3 Å². The van der Waals surface area contributed by atoms with Crippen molar-refractivity contribution in [2.24, 2.45) is 46.3 Å². The van der Waals surface area contributed by atoms with Crippen LogP contribution in [-0.2, 0) is 9.59 Å². The van der Waals surface area contributed by atoms with Crippen LogP contribution in [0.2, 0.25) is 0 Å². The summed E-state index contributed by atoms with van der Waals surface area (Å²) in [6.45, 7) is 0. The summed E-state index contributed by atoms with van der Waals surface area (Å²) in [5.41, 5.74) is 1.39. The van der Waals surface area contributed by atoms with Crippen LogP contribution in [0.3, 0.4) is 0 Å². The molecule has 2 aromatic carbocycles. The first-order valence-electron chi connectivity index (χ1n) is 15.4. The van der Waals surface area contributed by atoms with E-state index in [-0.39, 0.29) is 22.6 Å². The second-order valence-corrected chi connectivity index (χ2v) is 14.5. The molecule has 0 spiro atoms. The molecule has 39 heavy (non-hydrogen) atoms. The predicted octanol–water partition coefficient (Wildman–Crippen LogP) is 7.79. The van der Waals surface area contributed by atoms with Gasteiger partial charge in [0.1, 0.15) is 11.5 Å². The van der Waals surface area contributed by atoms with E-state index in [9.17, 15) is 9.59 Å². The van der Waals surface area contributed by atoms with E-state index in [0.717, 1.165) is 96.9 Å². The molecule has 2 amide bonds. The first kappa shape index (κ1) is 24.0. The molecule has 8 aliphatic carbocycles. The fraction of sp³-hybridized carbons (Fsp3) is 0.588. The van der Waals surface area contributed by atoms with Crippen molar-refractivity contribution in [3.05, 3.63) is 48.5 Å². The zero-order chi connectivity index (χ0) is 26.2. The number of carbonyl (C=O) groups is 2. The highest BCUT2D eigenvalue weighted by molar-refractivity contribution is 5.96. The van der Waals surface area contributed by atoms with E-state index in [2.05, 4.69) is 10.6 Å². The van der Waals surface area contributed by atoms with Crippen LogP contribution in [0.15, 0.2) is 48.5 Å². The Balaban J connectivity index is 0.879. The van der Waals surface area contributed by atoms with Crippen LogP contribution >= 0.6 is 0 Å². The first-order chi connectivity index (χ1) is 18.9. The summed E-state index contributed by atoms with van der Waals surface area (Å²) in [7, 11) is 0. The first-order valence-corrected chi connectivity index (χ1v) is 15.4. The minimum atomic E-state index is -0.142. The smallest absolute Gasteiger partial charge is 0.230 e. The van der Waals surface area contributed by atoms with Crippen LogP contribution in [-0.4, -0.2) is 11.8 Å². The average molecular weight is 525 g/mol. The number of ether oxygens (including phenoxy) is 1. The number of nitrogens with one attached hydrogen (secondary N) is 2. The Labute approximate surface area is 231 Å². The average Bonchev–Trinajstić information content (AvgIpc) is 2.89. The normalized spacial score (nSPS) is 39.0. The topological polar surface area (TPSA) is 67.4 Å². The molecule has 0 radical (unpaired) electrons. The zero-order valence-electron chi connectivity index (χ0n) is 22.8. The van der Waals surface area contributed by atoms with Gasteiger partial charge in [-0.25, -0.2) is 0 Å². The molecule has 0 aliphatic heterocycles. The van der Waals surface area contributed by atoms with Gasteiger partial charge >= 0.3 is 0 Å². The second kappa shape index (κ2) is 8.84. The molecule has 2 N–H and O–H groups in total. The van der Waals surface area contributed by atoms with Gasteiger partial charge in [-0.15, -0.1) is 0 Å². The third-order valence-electron chi connectivity index (χ3n) is 11.5. The van der Waals surface area contributed by atoms with Gasteiger partial charge in [0, 0.05) is 11.4 Å². The Morgan fingerprint density at radius 3 is 1.08 bits per heavy atom. The molecule has 8 bridgehead atoms. The molecule has 10 rings (SSSR count). The molecule has 0 unspecified atom stereocenters. The molecular formula is C34H40N2O3. The van der Waals surface area contributed by atoms with Gasteiger partial charge in [-0.3, -0.25) is 9.59 Å². The Morgan fingerprint density at radius 2 is 0.795 bits per heavy atom. The third kappa shape index (κ3) is 4.28. The van der Waals surface area contributed by atoms with Crippen LogP contribution < -0.4 is 15.4 Å². The van der Waals surface area contributed by atoms with E-state index in [4.69, 9.17) is 4.74 Å². The van der Waals surface area contributed by atoms with E-state index in [1.54, 1.807) is 0 Å². The van der Waals surface area contributed by atoms with E-state index in [0.29, 0.717) is 0 Å². The Kier molecular flexibility index (Phi) is 5.44. The molecule has 8 saturated carbocycles. The number of hydrogen-bond donors (Lipinski definition) is 2. The number of hydrogen-bond acceptors (Lipinski definition) is 3. The molecule has 204 valence electrons. The lowest BCUT2D eigenvalue weighted by atomic mass is 9.49. The van der Waals surface area contributed by atoms with Crippen molar-refractivity contribution in [2.45, 2.75) is 77.0 Å². The summed E-state index contributed by atoms with van der Waals surface area (Å²) in [6, 6.07) is 15.4. The quantitative estimate of drug-likeness (QED) is 0.405. The molecule has 0 atom stereocenters. The SMILES string of the molecule is O=C(Nc1ccc(Oc2ccc(NC(=O)C34CC5CC(CC(C5)C3)C4)cc2)cc1)C12CC3CC(CC(C3)C1)C2. The summed E-state index contributed by atoms with van der Waals surface area (Å²) < 4.78 is 6.07. The van der Waals surface area contributed by atoms with Crippen molar-refractivity contribution in [1.29, 1.82) is 0 Å². The fourth-order valence-corrected chi connectivity index (χ4v) is 10.7. The maximum atomic E-state index is 13.4. The van der Waals surface area contributed by atoms with Gasteiger partial charge in [-0.1, -0.05) is 0 Å². The minimum absolute atomic E-state index is 0.142. The zero-order valence-corrected chi connectivity index (χ0v) is 22.8. The van der Waals surface area contributed by atoms with Crippen molar-refractivity contribution in [1.82, 2.24) is 0 Å². The van der Waals surface area contributed by atoms with E-state index in [1.807, 2.05) is 48.5 Å². The predicted molar refractivity (Wildman–Crippen MR) is 151 cm³/mol. The van der Waals surface area contributed by atoms with E-state index < -0.39 is 0 Å². The van der Waals surface area contributed by atoms with Crippen molar-refractivity contribution < 1.29 is 14.3 Å². The van der Waals surface area contributed by atoms with Gasteiger partial charge in [-0.2, -0.15) is 0 Å². The highest BCUT2D eigenvalue weighted by Gasteiger charge is 2.55. The van der Waals surface area contributed by atoms with E-state index >= 15 is 0 Å². The minimum Gasteiger partial charge on any atom is -0.457 e. The van der Waals surface area contributed by atoms with E-state index in [1.165, 1.54) is 38.5 Å². The molecule has 5 nitrogen and oxygen atoms in total. The van der Waals surface area contributed by atoms with Crippen LogP contribution in [0.25, 0.3) is 0 Å². The lowest BCUT2D eigenvalue weighted by Crippen LogP contribution is -2.51. The molecule has 0 saturated heterocycles. The largest absolute Gasteiger partial charge is 0.457 e. The molecule has 5 heteroatoms. The highest BCUT2D eigenvalue weighted by atomic mass is 16.5. The monoisotopic (exact) mass is 524 g/mol. The Hall–Kier alpha value is -2.82. The molecule has 8 fully saturated rings. The van der Waals surface area contributed by atoms with Crippen LogP contribution in [0.4, 0.5) is 11.4 Å². The van der Waals surface area contributed by atoms with Crippen molar-refractivity contribution in [3.8, 4) is 11.5 Å². The van der Waals surface area contributed by atoms with Gasteiger partial charge in [0.05, 0.1) is 10.8 Å². The Bertz CT molecular complexity index is 1110. The number of anilines is 2. The second-order valence-electron chi connectivity index (χ2n) is 14.5. The lowest BCUT2D eigenvalue weighted by Gasteiger charge is -2.55. The number of amides is 2. The number of benzene rings is 2. The summed E-state index contributed by atoms with van der Waals surface area (Å²) in [5, 5.41) is 6.46. The van der Waals surface area contributed by atoms with Gasteiger partial charge in [0.2, 0.25) is 11.8 Å². The number of carbonyl (C=O) groups excluding carboxylic acids is 2. The third-order valence-corrected chi connectivity index (χ3v) is 11.5. The standard InChI is InChI=1S/C34H40N2O3/c37-31(33-15-21-9-22(16-33)11-23(10-21)17-33)35-27-1-5-29(6-2-27)39-30-7-3-28(4-8-30)36-32(38)34-18-24-12-25(19-34)14-26(13-24)20-34/h1-8,21-26H,9-20H2,(H,35,37)(H,36,38). The molecule has 0 heterocycles. The maximum Gasteiger partial charge on any atom is 0.230 e. The fourth-order valence-electron chi connectivity index (χ4n) is 10.7. The van der Waals surface area contributed by atoms with Crippen LogP contribution in [0.1, 0.15) is 77.0 Å². The van der Waals surface area contributed by atoms with Crippen molar-refractivity contribution in [2.75, 3.05) is 10.6 Å². The molecular weight excluding hydrogens is 484 g/mol. The summed E-state index contributed by atoms with van der Waals surface area (Å²) in [5.74, 6) is 6.46. The van der Waals surface area contributed by atoms with Crippen molar-refractivity contribution >= 4 is 23.2 Å². The van der Waals surface area contributed by atoms with Crippen LogP contribution in [0.5, 0.6) is 11.5 Å². The molecule has 0 aromatic heterocycles. The lowest BCUT2D eigenvalue weighted by molar-refractivity contribution is -0.141. The Morgan fingerprint density at radius 1 is 0.513 bits per heavy atom. The summed E-state index contributed by atoms with van der Waals surface area (Å²) in [4.78, 5) is 26.7. The van der Waals surface area contributed by atoms with Gasteiger partial charge in [0.25, 0.3) is 0 Å². The molecule has 2 aromatic rings. The van der Waals surface area contributed by atoms with Gasteiger partial charge in [0.15, 0.2) is 0 Å². The summed E-state index contributed by atoms with van der Waals surface area (Å²) >= 11 is 0. The van der Waals surface area contributed by atoms with Gasteiger partial charge < -0.3 is 15.4 Å². The van der Waals surface area contributed by atoms with Gasteiger partial charge in [-0.05, 0) is 161 Å². The van der Waals surface area contributed by atoms with Crippen molar-refractivity contribution in [3.63, 3.8) is 0 Å². The highest BCUT2D eigenvalue weighted by Crippen LogP contribution is 2.61. The number of rotatable bonds is 6. The maximum absolute atomic E-state index is 13.4. The molecule has 8 aliphatic rings. The summed E-state index contributed by atoms with van der Waals surface area (Å²) in [6.07, 6.45) is 14.5.